The van der Waals surface area contributed by atoms with Crippen LogP contribution < -0.4 is 24.8 Å². The normalized spacial score (nSPS) is 0. The molecule has 0 aliphatic carbocycles. The molecule has 0 aliphatic rings. The van der Waals surface area contributed by atoms with Crippen LogP contribution in [-0.2, 0) is 0 Å². The predicted molar refractivity (Wildman–Crippen MR) is 3.61 cm³/mol. The molecule has 0 heterocycles. The van der Waals surface area contributed by atoms with Gasteiger partial charge in [-0.25, -0.2) is 0 Å². The van der Waals surface area contributed by atoms with Crippen LogP contribution >= 0.6 is 0 Å². The van der Waals surface area contributed by atoms with Gasteiger partial charge in [-0.2, -0.15) is 0 Å². The summed E-state index contributed by atoms with van der Waals surface area (Å²) in [5.41, 5.74) is 0. The minimum atomic E-state index is 0. The third-order valence-corrected chi connectivity index (χ3v) is 0. The zero-order valence-corrected chi connectivity index (χ0v) is 9.29. The molecule has 0 atom stereocenters. The van der Waals surface area contributed by atoms with Crippen LogP contribution in [0.4, 0.5) is 0 Å². The summed E-state index contributed by atoms with van der Waals surface area (Å²) < 4.78 is 0. The molecular weight excluding hydrogens is 313 g/mol. The summed E-state index contributed by atoms with van der Waals surface area (Å²) in [6, 6.07) is 0. The van der Waals surface area contributed by atoms with Gasteiger partial charge in [-0.05, 0) is 0 Å². The van der Waals surface area contributed by atoms with Crippen LogP contribution in [0.3, 0.4) is 0 Å². The van der Waals surface area contributed by atoms with Gasteiger partial charge >= 0.3 is 45.0 Å². The van der Waals surface area contributed by atoms with E-state index in [1.54, 1.807) is 0 Å². The molecule has 0 aromatic heterocycles. The molecule has 0 bridgehead atoms. The van der Waals surface area contributed by atoms with E-state index in [0.29, 0.717) is 0 Å². The van der Waals surface area contributed by atoms with Crippen LogP contribution in [0.5, 0.6) is 0 Å². The summed E-state index contributed by atoms with van der Waals surface area (Å²) in [6.07, 6.45) is 0. The molecule has 24 valence electrons. The molecule has 0 unspecified atom stereocenters. The molecular formula is H2Cl2ORa. The number of hydrogen-bond donors (Lipinski definition) is 0. The standard InChI is InChI=1S/2ClH.H2O.Ra/h2*1H;1H2;/q;;;+2/p-2. The Morgan fingerprint density at radius 1 is 0.750 bits per heavy atom. The van der Waals surface area contributed by atoms with Gasteiger partial charge in [0.05, 0.1) is 0 Å². The Kier molecular flexibility index (Phi) is 186. The van der Waals surface area contributed by atoms with Gasteiger partial charge in [0.15, 0.2) is 0 Å². The molecule has 4 heteroatoms. The molecule has 0 aromatic carbocycles. The van der Waals surface area contributed by atoms with E-state index in [0.717, 1.165) is 0 Å². The molecule has 0 spiro atoms. The van der Waals surface area contributed by atoms with Crippen molar-refractivity contribution in [2.45, 2.75) is 0 Å². The van der Waals surface area contributed by atoms with Crippen molar-refractivity contribution in [2.24, 2.45) is 0 Å². The summed E-state index contributed by atoms with van der Waals surface area (Å²) in [5, 5.41) is 0. The van der Waals surface area contributed by atoms with Crippen LogP contribution in [0, 0.1) is 45.0 Å². The molecule has 0 saturated heterocycles. The quantitative estimate of drug-likeness (QED) is 0.426. The molecule has 0 aromatic rings. The fourth-order valence-corrected chi connectivity index (χ4v) is 0. The van der Waals surface area contributed by atoms with E-state index in [1.165, 1.54) is 0 Å². The van der Waals surface area contributed by atoms with Crippen LogP contribution in [0.15, 0.2) is 0 Å². The van der Waals surface area contributed by atoms with Gasteiger partial charge in [0, 0.05) is 0 Å². The van der Waals surface area contributed by atoms with Crippen LogP contribution in [-0.4, -0.2) is 5.48 Å². The predicted octanol–water partition coefficient (Wildman–Crippen LogP) is -6.82. The van der Waals surface area contributed by atoms with Crippen molar-refractivity contribution in [1.29, 1.82) is 0 Å². The summed E-state index contributed by atoms with van der Waals surface area (Å²) in [7, 11) is 0. The molecule has 0 amide bonds. The zero-order chi connectivity index (χ0) is 0. The largest absolute Gasteiger partial charge is 2.00 e. The van der Waals surface area contributed by atoms with Crippen molar-refractivity contribution in [2.75, 3.05) is 0 Å². The van der Waals surface area contributed by atoms with E-state index in [9.17, 15) is 0 Å². The average molecular weight is 315 g/mol. The Hall–Kier alpha value is 2.01. The molecule has 0 radical (unpaired) electrons. The first-order valence-corrected chi connectivity index (χ1v) is 0. The summed E-state index contributed by atoms with van der Waals surface area (Å²) >= 11 is 0. The van der Waals surface area contributed by atoms with E-state index >= 15 is 0 Å². The first kappa shape index (κ1) is 37.4. The van der Waals surface area contributed by atoms with Crippen molar-refractivity contribution in [3.05, 3.63) is 0 Å². The van der Waals surface area contributed by atoms with E-state index in [2.05, 4.69) is 0 Å². The van der Waals surface area contributed by atoms with Crippen LogP contribution in [0.25, 0.3) is 0 Å². The third kappa shape index (κ3) is 8.99. The Labute approximate surface area is 74.1 Å². The zero-order valence-electron chi connectivity index (χ0n) is 1.96. The second-order valence-electron chi connectivity index (χ2n) is 0. The SMILES string of the molecule is O.[Cl-].[Cl-].[Ra+2]. The van der Waals surface area contributed by atoms with Crippen molar-refractivity contribution in [1.82, 2.24) is 0 Å². The Balaban J connectivity index is 0. The maximum Gasteiger partial charge on any atom is 2.00 e. The summed E-state index contributed by atoms with van der Waals surface area (Å²) in [5.74, 6) is 0. The van der Waals surface area contributed by atoms with Gasteiger partial charge in [0.25, 0.3) is 0 Å². The maximum atomic E-state index is 0. The second-order valence-corrected chi connectivity index (χ2v) is 0. The van der Waals surface area contributed by atoms with Crippen molar-refractivity contribution in [3.63, 3.8) is 0 Å². The minimum absolute atomic E-state index is 0. The Morgan fingerprint density at radius 2 is 0.750 bits per heavy atom. The van der Waals surface area contributed by atoms with Crippen molar-refractivity contribution in [3.8, 4) is 0 Å². The fourth-order valence-electron chi connectivity index (χ4n) is 0. The minimum Gasteiger partial charge on any atom is -1.00 e. The number of hydrogen-bond acceptors (Lipinski definition) is 0. The number of halogens is 2. The van der Waals surface area contributed by atoms with E-state index in [1.807, 2.05) is 0 Å². The fraction of sp³-hybridized carbons (Fsp3) is 0. The van der Waals surface area contributed by atoms with Gasteiger partial charge < -0.3 is 30.3 Å². The van der Waals surface area contributed by atoms with Gasteiger partial charge in [-0.1, -0.05) is 0 Å². The molecule has 1 nitrogen and oxygen atoms in total. The molecule has 0 rings (SSSR count). The van der Waals surface area contributed by atoms with E-state index in [4.69, 9.17) is 0 Å². The first-order valence-electron chi connectivity index (χ1n) is 0. The summed E-state index contributed by atoms with van der Waals surface area (Å²) in [6.45, 7) is 0. The van der Waals surface area contributed by atoms with Gasteiger partial charge in [0.1, 0.15) is 0 Å². The third-order valence-electron chi connectivity index (χ3n) is 0. The monoisotopic (exact) mass is 314 g/mol. The van der Waals surface area contributed by atoms with Crippen LogP contribution in [0.1, 0.15) is 0 Å². The Morgan fingerprint density at radius 3 is 0.750 bits per heavy atom. The number of rotatable bonds is 0. The van der Waals surface area contributed by atoms with E-state index in [-0.39, 0.29) is 75.3 Å². The van der Waals surface area contributed by atoms with Crippen molar-refractivity contribution < 1.29 is 75.3 Å². The summed E-state index contributed by atoms with van der Waals surface area (Å²) in [4.78, 5) is 0. The molecule has 0 fully saturated rings. The van der Waals surface area contributed by atoms with E-state index < -0.39 is 0 Å². The molecule has 2 N–H and O–H groups in total. The average Bonchev–Trinajstić information content (AvgIpc) is 0. The second kappa shape index (κ2) is 20.0. The molecule has 4 heavy (non-hydrogen) atoms. The van der Waals surface area contributed by atoms with Gasteiger partial charge in [-0.15, -0.1) is 0 Å². The Bertz CT molecular complexity index is 6.00. The first-order chi connectivity index (χ1) is 0. The maximum absolute atomic E-state index is 0. The topological polar surface area (TPSA) is 31.5 Å². The van der Waals surface area contributed by atoms with Gasteiger partial charge in [0.2, 0.25) is 0 Å². The molecule has 0 aliphatic heterocycles. The smallest absolute Gasteiger partial charge is 1.00 e. The van der Waals surface area contributed by atoms with Gasteiger partial charge in [-0.3, -0.25) is 0 Å². The van der Waals surface area contributed by atoms with Crippen LogP contribution in [0.2, 0.25) is 0 Å². The van der Waals surface area contributed by atoms with Crippen molar-refractivity contribution >= 4 is 0 Å². The molecule has 0 saturated carbocycles.